The molecule has 3 atom stereocenters. The number of pyridine rings is 1. The number of ether oxygens (including phenoxy) is 1. The number of hydrogen-bond acceptors (Lipinski definition) is 4. The van der Waals surface area contributed by atoms with Crippen molar-refractivity contribution in [3.05, 3.63) is 18.0 Å². The van der Waals surface area contributed by atoms with Gasteiger partial charge in [0.1, 0.15) is 5.65 Å². The number of fused-ring (bicyclic) bond motifs is 3. The van der Waals surface area contributed by atoms with Crippen LogP contribution in [0, 0.1) is 17.8 Å². The number of nitrogens with zero attached hydrogens (tertiary/aromatic N) is 3. The maximum Gasteiger partial charge on any atom is 0.225 e. The highest BCUT2D eigenvalue weighted by Gasteiger charge is 2.45. The SMILES string of the molecule is COc1c(N)cnc2c1c(C1[C@@H]3CC[C@H]1CN(C(=O)C(C)C)C3)cn2C. The van der Waals surface area contributed by atoms with Gasteiger partial charge in [-0.25, -0.2) is 4.98 Å². The molecule has 140 valence electrons. The number of anilines is 1. The summed E-state index contributed by atoms with van der Waals surface area (Å²) in [5.74, 6) is 2.49. The van der Waals surface area contributed by atoms with Crippen molar-refractivity contribution in [1.29, 1.82) is 0 Å². The normalized spacial score (nSPS) is 25.3. The molecule has 6 heteroatoms. The van der Waals surface area contributed by atoms with Crippen LogP contribution in [0.25, 0.3) is 11.0 Å². The molecule has 2 aliphatic rings. The second-order valence-corrected chi connectivity index (χ2v) is 8.16. The quantitative estimate of drug-likeness (QED) is 0.918. The van der Waals surface area contributed by atoms with Crippen molar-refractivity contribution in [1.82, 2.24) is 14.5 Å². The second kappa shape index (κ2) is 6.18. The van der Waals surface area contributed by atoms with Gasteiger partial charge in [0.25, 0.3) is 0 Å². The van der Waals surface area contributed by atoms with Gasteiger partial charge in [0.05, 0.1) is 24.4 Å². The molecule has 4 rings (SSSR count). The lowest BCUT2D eigenvalue weighted by Gasteiger charge is -2.39. The lowest BCUT2D eigenvalue weighted by atomic mass is 9.79. The van der Waals surface area contributed by atoms with Crippen molar-refractivity contribution in [2.75, 3.05) is 25.9 Å². The summed E-state index contributed by atoms with van der Waals surface area (Å²) in [6.07, 6.45) is 6.20. The molecule has 2 N–H and O–H groups in total. The van der Waals surface area contributed by atoms with Gasteiger partial charge in [0.15, 0.2) is 5.75 Å². The van der Waals surface area contributed by atoms with E-state index >= 15 is 0 Å². The Morgan fingerprint density at radius 2 is 1.96 bits per heavy atom. The Labute approximate surface area is 154 Å². The predicted molar refractivity (Wildman–Crippen MR) is 102 cm³/mol. The molecule has 0 radical (unpaired) electrons. The first kappa shape index (κ1) is 17.2. The van der Waals surface area contributed by atoms with Gasteiger partial charge in [-0.05, 0) is 36.2 Å². The lowest BCUT2D eigenvalue weighted by molar-refractivity contribution is -0.136. The monoisotopic (exact) mass is 356 g/mol. The third-order valence-corrected chi connectivity index (χ3v) is 6.20. The Morgan fingerprint density at radius 1 is 1.31 bits per heavy atom. The van der Waals surface area contributed by atoms with E-state index in [0.717, 1.165) is 29.9 Å². The van der Waals surface area contributed by atoms with Crippen molar-refractivity contribution >= 4 is 22.6 Å². The third kappa shape index (κ3) is 2.46. The van der Waals surface area contributed by atoms with E-state index in [1.165, 1.54) is 18.4 Å². The summed E-state index contributed by atoms with van der Waals surface area (Å²) >= 11 is 0. The zero-order valence-corrected chi connectivity index (χ0v) is 16.0. The van der Waals surface area contributed by atoms with E-state index < -0.39 is 0 Å². The van der Waals surface area contributed by atoms with Gasteiger partial charge in [-0.1, -0.05) is 13.8 Å². The van der Waals surface area contributed by atoms with Gasteiger partial charge in [0, 0.05) is 32.3 Å². The maximum absolute atomic E-state index is 12.5. The fourth-order valence-electron chi connectivity index (χ4n) is 5.11. The molecule has 2 bridgehead atoms. The maximum atomic E-state index is 12.5. The van der Waals surface area contributed by atoms with Crippen LogP contribution in [0.2, 0.25) is 0 Å². The van der Waals surface area contributed by atoms with Crippen LogP contribution in [0.3, 0.4) is 0 Å². The highest BCUT2D eigenvalue weighted by molar-refractivity contribution is 5.92. The van der Waals surface area contributed by atoms with Crippen LogP contribution >= 0.6 is 0 Å². The van der Waals surface area contributed by atoms with E-state index in [1.54, 1.807) is 13.3 Å². The number of amides is 1. The third-order valence-electron chi connectivity index (χ3n) is 6.20. The number of carbonyl (C=O) groups excluding carboxylic acids is 1. The van der Waals surface area contributed by atoms with Crippen LogP contribution in [0.1, 0.15) is 38.2 Å². The average Bonchev–Trinajstić information content (AvgIpc) is 3.06. The summed E-state index contributed by atoms with van der Waals surface area (Å²) in [4.78, 5) is 19.1. The van der Waals surface area contributed by atoms with Gasteiger partial charge in [-0.15, -0.1) is 0 Å². The molecule has 1 aliphatic heterocycles. The van der Waals surface area contributed by atoms with E-state index in [1.807, 2.05) is 20.9 Å². The van der Waals surface area contributed by atoms with Gasteiger partial charge < -0.3 is 19.9 Å². The van der Waals surface area contributed by atoms with Gasteiger partial charge in [0.2, 0.25) is 5.91 Å². The molecule has 1 saturated heterocycles. The molecule has 2 aromatic rings. The van der Waals surface area contributed by atoms with Crippen LogP contribution in [-0.4, -0.2) is 40.6 Å². The molecule has 1 amide bonds. The molecule has 0 spiro atoms. The minimum absolute atomic E-state index is 0.0626. The van der Waals surface area contributed by atoms with Crippen LogP contribution in [0.15, 0.2) is 12.4 Å². The number of piperidine rings is 1. The Balaban J connectivity index is 1.76. The Morgan fingerprint density at radius 3 is 2.54 bits per heavy atom. The smallest absolute Gasteiger partial charge is 0.225 e. The van der Waals surface area contributed by atoms with Crippen LogP contribution in [0.5, 0.6) is 5.75 Å². The molecule has 1 aliphatic carbocycles. The number of methoxy groups -OCH3 is 1. The summed E-state index contributed by atoms with van der Waals surface area (Å²) in [7, 11) is 3.69. The number of aromatic nitrogens is 2. The van der Waals surface area contributed by atoms with Crippen LogP contribution < -0.4 is 10.5 Å². The first-order valence-corrected chi connectivity index (χ1v) is 9.48. The number of likely N-dealkylation sites (tertiary alicyclic amines) is 1. The summed E-state index contributed by atoms with van der Waals surface area (Å²) in [5.41, 5.74) is 8.90. The van der Waals surface area contributed by atoms with Gasteiger partial charge in [-0.2, -0.15) is 0 Å². The van der Waals surface area contributed by atoms with Crippen molar-refractivity contribution in [2.45, 2.75) is 32.6 Å². The number of carbonyl (C=O) groups is 1. The second-order valence-electron chi connectivity index (χ2n) is 8.16. The number of aryl methyl sites for hydroxylation is 1. The zero-order valence-electron chi connectivity index (χ0n) is 16.0. The van der Waals surface area contributed by atoms with Crippen molar-refractivity contribution < 1.29 is 9.53 Å². The van der Waals surface area contributed by atoms with E-state index in [9.17, 15) is 4.79 Å². The Hall–Kier alpha value is -2.24. The van der Waals surface area contributed by atoms with Gasteiger partial charge in [-0.3, -0.25) is 4.79 Å². The molecular weight excluding hydrogens is 328 g/mol. The minimum atomic E-state index is 0.0626. The Kier molecular flexibility index (Phi) is 4.09. The molecule has 3 heterocycles. The van der Waals surface area contributed by atoms with E-state index in [2.05, 4.69) is 20.6 Å². The van der Waals surface area contributed by atoms with E-state index in [0.29, 0.717) is 23.4 Å². The molecule has 6 nitrogen and oxygen atoms in total. The van der Waals surface area contributed by atoms with Crippen molar-refractivity contribution in [3.8, 4) is 5.75 Å². The first-order valence-electron chi connectivity index (χ1n) is 9.48. The molecule has 26 heavy (non-hydrogen) atoms. The molecule has 0 aromatic carbocycles. The van der Waals surface area contributed by atoms with Crippen molar-refractivity contribution in [3.63, 3.8) is 0 Å². The minimum Gasteiger partial charge on any atom is -0.494 e. The van der Waals surface area contributed by atoms with Crippen molar-refractivity contribution in [2.24, 2.45) is 24.8 Å². The molecule has 1 unspecified atom stereocenters. The Bertz CT molecular complexity index is 843. The number of hydrogen-bond donors (Lipinski definition) is 1. The lowest BCUT2D eigenvalue weighted by Crippen LogP contribution is -2.45. The fourth-order valence-corrected chi connectivity index (χ4v) is 5.11. The van der Waals surface area contributed by atoms with E-state index in [4.69, 9.17) is 10.5 Å². The summed E-state index contributed by atoms with van der Waals surface area (Å²) < 4.78 is 7.71. The summed E-state index contributed by atoms with van der Waals surface area (Å²) in [6, 6.07) is 0. The number of rotatable bonds is 3. The average molecular weight is 356 g/mol. The van der Waals surface area contributed by atoms with Gasteiger partial charge >= 0.3 is 0 Å². The largest absolute Gasteiger partial charge is 0.494 e. The highest BCUT2D eigenvalue weighted by Crippen LogP contribution is 2.51. The van der Waals surface area contributed by atoms with Crippen LogP contribution in [0.4, 0.5) is 5.69 Å². The number of nitrogen functional groups attached to an aromatic ring is 1. The molecular formula is C20H28N4O2. The fraction of sp³-hybridized carbons (Fsp3) is 0.600. The van der Waals surface area contributed by atoms with Crippen LogP contribution in [-0.2, 0) is 11.8 Å². The molecule has 2 aromatic heterocycles. The molecule has 1 saturated carbocycles. The van der Waals surface area contributed by atoms with E-state index in [-0.39, 0.29) is 11.8 Å². The zero-order chi connectivity index (χ0) is 18.6. The topological polar surface area (TPSA) is 73.4 Å². The standard InChI is InChI=1S/C20H28N4O2/c1-11(2)20(25)24-8-12-5-6-13(9-24)16(12)14-10-23(3)19-17(14)18(26-4)15(21)7-22-19/h7,10-13,16H,5-6,8-9,21H2,1-4H3/t12-,13+,16?. The summed E-state index contributed by atoms with van der Waals surface area (Å²) in [5, 5.41) is 1.04. The number of nitrogens with two attached hydrogens (primary N) is 1. The first-order chi connectivity index (χ1) is 12.4. The molecule has 2 fully saturated rings. The predicted octanol–water partition coefficient (Wildman–Crippen LogP) is 2.77. The summed E-state index contributed by atoms with van der Waals surface area (Å²) in [6.45, 7) is 5.68. The highest BCUT2D eigenvalue weighted by atomic mass is 16.5.